The summed E-state index contributed by atoms with van der Waals surface area (Å²) >= 11 is 0. The average molecular weight is 1210 g/mol. The van der Waals surface area contributed by atoms with E-state index >= 15 is 0 Å². The Hall–Kier alpha value is -3.22. The molecule has 0 fully saturated rings. The molecule has 0 saturated heterocycles. The summed E-state index contributed by atoms with van der Waals surface area (Å²) in [6, 6.07) is 0. The first-order valence-electron chi connectivity index (χ1n) is 16.1. The molecule has 0 aliphatic heterocycles. The zero-order chi connectivity index (χ0) is 61.1. The maximum absolute atomic E-state index is 14.1. The van der Waals surface area contributed by atoms with E-state index < -0.39 is 163 Å². The second-order valence-corrected chi connectivity index (χ2v) is 14.7. The predicted molar refractivity (Wildman–Crippen MR) is 134 cm³/mol. The minimum absolute atomic E-state index is 0.520. The predicted octanol–water partition coefficient (Wildman–Crippen LogP) is 16.3. The summed E-state index contributed by atoms with van der Waals surface area (Å²) in [5, 5.41) is 0. The number of hydrogen-bond donors (Lipinski definition) is 0. The summed E-state index contributed by atoms with van der Waals surface area (Å²) in [7, 11) is 0. The zero-order valence-electron chi connectivity index (χ0n) is 32.5. The summed E-state index contributed by atoms with van der Waals surface area (Å²) in [5.41, 5.74) is 0. The van der Waals surface area contributed by atoms with E-state index in [9.17, 15) is 202 Å². The molecule has 0 aliphatic carbocycles. The van der Waals surface area contributed by atoms with Gasteiger partial charge in [0.1, 0.15) is 0 Å². The Labute approximate surface area is 366 Å². The second-order valence-electron chi connectivity index (χ2n) is 14.7. The molecule has 46 heteroatoms. The molecular weight excluding hydrogens is 1200 g/mol. The van der Waals surface area contributed by atoms with Gasteiger partial charge in [-0.25, -0.2) is 0 Å². The number of hydrogen-bond acceptors (Lipinski definition) is 0. The van der Waals surface area contributed by atoms with Gasteiger partial charge in [-0.3, -0.25) is 0 Å². The molecule has 0 N–H and O–H groups in total. The molecule has 0 nitrogen and oxygen atoms in total. The third-order valence-electron chi connectivity index (χ3n) is 9.58. The van der Waals surface area contributed by atoms with Crippen LogP contribution in [-0.4, -0.2) is 136 Å². The van der Waals surface area contributed by atoms with Gasteiger partial charge in [0.2, 0.25) is 0 Å². The van der Waals surface area contributed by atoms with Crippen molar-refractivity contribution >= 4 is 0 Å². The smallest absolute Gasteiger partial charge is 0.200 e. The molecule has 0 saturated carbocycles. The van der Waals surface area contributed by atoms with Crippen LogP contribution in [0.25, 0.3) is 0 Å². The monoisotopic (exact) mass is 1210 g/mol. The molecule has 73 heavy (non-hydrogen) atoms. The van der Waals surface area contributed by atoms with E-state index in [2.05, 4.69) is 0 Å². The van der Waals surface area contributed by atoms with Crippen molar-refractivity contribution in [3.05, 3.63) is 0 Å². The molecule has 0 aromatic heterocycles. The summed E-state index contributed by atoms with van der Waals surface area (Å²) in [5.74, 6) is -231. The van der Waals surface area contributed by atoms with Gasteiger partial charge in [-0.15, -0.1) is 0 Å². The van der Waals surface area contributed by atoms with Crippen molar-refractivity contribution in [1.29, 1.82) is 0 Å². The van der Waals surface area contributed by atoms with E-state index in [-0.39, 0.29) is 0 Å². The van der Waals surface area contributed by atoms with Crippen LogP contribution >= 0.6 is 0 Å². The van der Waals surface area contributed by atoms with Crippen LogP contribution in [0.15, 0.2) is 0 Å². The van der Waals surface area contributed by atoms with Gasteiger partial charge in [-0.05, 0) is 0 Å². The number of alkyl halides is 46. The van der Waals surface area contributed by atoms with Crippen LogP contribution in [0.5, 0.6) is 0 Å². The summed E-state index contributed by atoms with van der Waals surface area (Å²) in [6.07, 6.45) is 0. The van der Waals surface area contributed by atoms with Crippen molar-refractivity contribution in [3.63, 3.8) is 0 Å². The lowest BCUT2D eigenvalue weighted by Crippen LogP contribution is -2.81. The van der Waals surface area contributed by atoms with Crippen LogP contribution in [-0.2, 0) is 0 Å². The Balaban J connectivity index is 8.16. The van der Waals surface area contributed by atoms with E-state index in [1.54, 1.807) is 0 Å². The molecule has 0 aromatic rings. The zero-order valence-corrected chi connectivity index (χ0v) is 32.5. The second kappa shape index (κ2) is 16.6. The molecular formula is C27H10F46. The number of rotatable bonds is 23. The molecule has 0 aromatic carbocycles. The highest BCUT2D eigenvalue weighted by Crippen LogP contribution is 2.72. The minimum Gasteiger partial charge on any atom is -0.200 e. The van der Waals surface area contributed by atoms with Crippen molar-refractivity contribution in [2.45, 2.75) is 157 Å². The van der Waals surface area contributed by atoms with Gasteiger partial charge >= 0.3 is 136 Å². The standard InChI is InChI=1S/C27H10F46/c1-4(2)6(30,31)8(34,35)10(38,39)12(42,43)14(46,47)16(50,51)18(54,55)20(58,59)22(62,63)24(66,67)26(70,71)27(72,73)25(68,69)23(64,65)21(60,61)19(56,57)17(52,53)15(48,49)13(44,45)11(40,41)9(36,37)7(32,33)5(3,28)29/h4H,1-3H3. The molecule has 0 bridgehead atoms. The number of halogens is 46. The summed E-state index contributed by atoms with van der Waals surface area (Å²) in [6.45, 7) is -2.85. The first-order valence-corrected chi connectivity index (χ1v) is 16.1. The minimum atomic E-state index is -10.8. The third-order valence-corrected chi connectivity index (χ3v) is 9.58. The Morgan fingerprint density at radius 2 is 0.233 bits per heavy atom. The van der Waals surface area contributed by atoms with Crippen molar-refractivity contribution in [1.82, 2.24) is 0 Å². The molecule has 0 radical (unpaired) electrons. The van der Waals surface area contributed by atoms with Gasteiger partial charge in [0, 0.05) is 12.8 Å². The van der Waals surface area contributed by atoms with Gasteiger partial charge in [0.15, 0.2) is 0 Å². The third kappa shape index (κ3) is 7.61. The van der Waals surface area contributed by atoms with E-state index in [4.69, 9.17) is 0 Å². The fourth-order valence-electron chi connectivity index (χ4n) is 4.59. The van der Waals surface area contributed by atoms with Crippen LogP contribution in [0.4, 0.5) is 202 Å². The van der Waals surface area contributed by atoms with Crippen LogP contribution < -0.4 is 0 Å². The molecule has 0 spiro atoms. The highest BCUT2D eigenvalue weighted by atomic mass is 19.4. The van der Waals surface area contributed by atoms with Crippen molar-refractivity contribution < 1.29 is 202 Å². The molecule has 0 heterocycles. The van der Waals surface area contributed by atoms with E-state index in [1.165, 1.54) is 0 Å². The maximum atomic E-state index is 14.1. The van der Waals surface area contributed by atoms with Gasteiger partial charge in [0.05, 0.1) is 0 Å². The largest absolute Gasteiger partial charge is 0.385 e. The van der Waals surface area contributed by atoms with Crippen LogP contribution in [0, 0.1) is 5.92 Å². The van der Waals surface area contributed by atoms with Gasteiger partial charge in [-0.2, -0.15) is 202 Å². The molecule has 440 valence electrons. The van der Waals surface area contributed by atoms with Gasteiger partial charge < -0.3 is 0 Å². The van der Waals surface area contributed by atoms with Gasteiger partial charge in [-0.1, -0.05) is 13.8 Å². The molecule has 0 aliphatic rings. The first-order chi connectivity index (χ1) is 30.4. The van der Waals surface area contributed by atoms with E-state index in [0.29, 0.717) is 0 Å². The Kier molecular flexibility index (Phi) is 15.9. The quantitative estimate of drug-likeness (QED) is 0.0895. The SMILES string of the molecule is CC(C)C(F)(F)C(F)(F)C(F)(F)C(F)(F)C(F)(F)C(F)(F)C(F)(F)C(F)(F)C(F)(F)C(F)(F)C(F)(F)C(F)(F)C(F)(F)C(F)(F)C(F)(F)C(F)(F)C(F)(F)C(F)(F)C(F)(F)C(F)(F)C(F)(F)C(F)(F)C(C)(F)F. The highest BCUT2D eigenvalue weighted by molar-refractivity contribution is 5.24. The fourth-order valence-corrected chi connectivity index (χ4v) is 4.59. The maximum Gasteiger partial charge on any atom is 0.385 e. The van der Waals surface area contributed by atoms with Crippen LogP contribution in [0.3, 0.4) is 0 Å². The van der Waals surface area contributed by atoms with Crippen molar-refractivity contribution in [2.75, 3.05) is 0 Å². The first kappa shape index (κ1) is 69.8. The summed E-state index contributed by atoms with van der Waals surface area (Å²) < 4.78 is 638. The summed E-state index contributed by atoms with van der Waals surface area (Å²) in [4.78, 5) is 0. The fraction of sp³-hybridized carbons (Fsp3) is 1.00. The average Bonchev–Trinajstić information content (AvgIpc) is 3.15. The Morgan fingerprint density at radius 1 is 0.151 bits per heavy atom. The van der Waals surface area contributed by atoms with Gasteiger partial charge in [0.25, 0.3) is 0 Å². The van der Waals surface area contributed by atoms with Crippen LogP contribution in [0.1, 0.15) is 20.8 Å². The molecule has 0 amide bonds. The molecule has 0 rings (SSSR count). The lowest BCUT2D eigenvalue weighted by molar-refractivity contribution is -0.497. The normalized spacial score (nSPS) is 17.5. The lowest BCUT2D eigenvalue weighted by atomic mass is 9.81. The van der Waals surface area contributed by atoms with Crippen molar-refractivity contribution in [2.24, 2.45) is 5.92 Å². The van der Waals surface area contributed by atoms with Crippen molar-refractivity contribution in [3.8, 4) is 0 Å². The van der Waals surface area contributed by atoms with E-state index in [1.807, 2.05) is 0 Å². The lowest BCUT2D eigenvalue weighted by Gasteiger charge is -2.48. The molecule has 0 unspecified atom stereocenters. The Morgan fingerprint density at radius 3 is 0.315 bits per heavy atom. The topological polar surface area (TPSA) is 0 Å². The Bertz CT molecular complexity index is 1980. The van der Waals surface area contributed by atoms with E-state index in [0.717, 1.165) is 0 Å². The highest BCUT2D eigenvalue weighted by Gasteiger charge is 3.04. The molecule has 0 atom stereocenters. The van der Waals surface area contributed by atoms with Crippen LogP contribution in [0.2, 0.25) is 0 Å².